The molecule has 0 aromatic carbocycles. The second kappa shape index (κ2) is 8.65. The second-order valence-electron chi connectivity index (χ2n) is 5.44. The van der Waals surface area contributed by atoms with Gasteiger partial charge in [-0.25, -0.2) is 4.98 Å². The highest BCUT2D eigenvalue weighted by Crippen LogP contribution is 2.02. The number of carbonyl (C=O) groups is 1. The first-order chi connectivity index (χ1) is 9.50. The fraction of sp³-hybridized carbons (Fsp3) is 0.769. The largest absolute Gasteiger partial charge is 0.336 e. The first kappa shape index (κ1) is 16.6. The van der Waals surface area contributed by atoms with Crippen molar-refractivity contribution in [1.29, 1.82) is 0 Å². The molecule has 0 unspecified atom stereocenters. The maximum atomic E-state index is 12.3. The first-order valence-electron chi connectivity index (χ1n) is 6.95. The smallest absolute Gasteiger partial charge is 0.291 e. The molecule has 1 N–H and O–H groups in total. The molecule has 1 aromatic rings. The predicted molar refractivity (Wildman–Crippen MR) is 78.6 cm³/mol. The van der Waals surface area contributed by atoms with Gasteiger partial charge in [0.05, 0.1) is 0 Å². The van der Waals surface area contributed by atoms with Gasteiger partial charge in [-0.15, -0.1) is 0 Å². The standard InChI is InChI=1S/C13H26N6O/c1-17(2)7-5-9-19(10-6-8-18(3)4)13(20)12-14-11-15-16-12/h11H,5-10H2,1-4H3,(H,14,15,16). The molecule has 0 fully saturated rings. The number of nitrogens with zero attached hydrogens (tertiary/aromatic N) is 5. The molecule has 1 aromatic heterocycles. The van der Waals surface area contributed by atoms with Gasteiger partial charge in [0.25, 0.3) is 5.91 Å². The summed E-state index contributed by atoms with van der Waals surface area (Å²) >= 11 is 0. The van der Waals surface area contributed by atoms with E-state index in [4.69, 9.17) is 0 Å². The lowest BCUT2D eigenvalue weighted by atomic mass is 10.3. The summed E-state index contributed by atoms with van der Waals surface area (Å²) in [5.74, 6) is 0.250. The molecular formula is C13H26N6O. The summed E-state index contributed by atoms with van der Waals surface area (Å²) in [6.07, 6.45) is 3.27. The van der Waals surface area contributed by atoms with Crippen LogP contribution in [0, 0.1) is 0 Å². The van der Waals surface area contributed by atoms with Gasteiger partial charge in [-0.05, 0) is 54.1 Å². The first-order valence-corrected chi connectivity index (χ1v) is 6.95. The molecule has 0 atom stereocenters. The lowest BCUT2D eigenvalue weighted by molar-refractivity contribution is 0.0733. The van der Waals surface area contributed by atoms with E-state index >= 15 is 0 Å². The zero-order valence-electron chi connectivity index (χ0n) is 13.0. The summed E-state index contributed by atoms with van der Waals surface area (Å²) in [4.78, 5) is 22.4. The van der Waals surface area contributed by atoms with Gasteiger partial charge >= 0.3 is 0 Å². The number of carbonyl (C=O) groups excluding carboxylic acids is 1. The molecule has 0 saturated carbocycles. The van der Waals surface area contributed by atoms with Crippen molar-refractivity contribution in [3.05, 3.63) is 12.2 Å². The number of aromatic amines is 1. The van der Waals surface area contributed by atoms with E-state index < -0.39 is 0 Å². The number of rotatable bonds is 9. The highest BCUT2D eigenvalue weighted by atomic mass is 16.2. The monoisotopic (exact) mass is 282 g/mol. The third-order valence-electron chi connectivity index (χ3n) is 2.97. The maximum absolute atomic E-state index is 12.3. The van der Waals surface area contributed by atoms with Crippen LogP contribution in [0.4, 0.5) is 0 Å². The zero-order chi connectivity index (χ0) is 15.0. The lowest BCUT2D eigenvalue weighted by Crippen LogP contribution is -2.36. The van der Waals surface area contributed by atoms with Crippen LogP contribution in [0.3, 0.4) is 0 Å². The fourth-order valence-corrected chi connectivity index (χ4v) is 1.93. The van der Waals surface area contributed by atoms with Crippen LogP contribution in [-0.4, -0.2) is 90.2 Å². The van der Waals surface area contributed by atoms with Gasteiger partial charge in [0.1, 0.15) is 6.33 Å². The predicted octanol–water partition coefficient (Wildman–Crippen LogP) is 0.150. The van der Waals surface area contributed by atoms with Crippen molar-refractivity contribution in [3.8, 4) is 0 Å². The summed E-state index contributed by atoms with van der Waals surface area (Å²) in [6.45, 7) is 3.41. The average molecular weight is 282 g/mol. The Labute approximate surface area is 121 Å². The van der Waals surface area contributed by atoms with E-state index in [1.165, 1.54) is 6.33 Å². The van der Waals surface area contributed by atoms with Crippen LogP contribution >= 0.6 is 0 Å². The molecule has 7 heteroatoms. The number of nitrogens with one attached hydrogen (secondary N) is 1. The Balaban J connectivity index is 2.51. The van der Waals surface area contributed by atoms with E-state index in [2.05, 4.69) is 25.0 Å². The summed E-state index contributed by atoms with van der Waals surface area (Å²) in [5, 5.41) is 6.39. The van der Waals surface area contributed by atoms with Crippen LogP contribution in [0.25, 0.3) is 0 Å². The van der Waals surface area contributed by atoms with Gasteiger partial charge in [0, 0.05) is 13.1 Å². The molecule has 0 spiro atoms. The van der Waals surface area contributed by atoms with Crippen LogP contribution in [0.2, 0.25) is 0 Å². The van der Waals surface area contributed by atoms with Gasteiger partial charge in [-0.3, -0.25) is 9.89 Å². The molecule has 7 nitrogen and oxygen atoms in total. The van der Waals surface area contributed by atoms with Crippen molar-refractivity contribution in [2.75, 3.05) is 54.4 Å². The van der Waals surface area contributed by atoms with Gasteiger partial charge < -0.3 is 14.7 Å². The van der Waals surface area contributed by atoms with E-state index in [0.29, 0.717) is 5.82 Å². The summed E-state index contributed by atoms with van der Waals surface area (Å²) < 4.78 is 0. The van der Waals surface area contributed by atoms with Crippen molar-refractivity contribution >= 4 is 5.91 Å². The minimum absolute atomic E-state index is 0.0694. The molecule has 0 saturated heterocycles. The van der Waals surface area contributed by atoms with Gasteiger partial charge in [-0.1, -0.05) is 0 Å². The molecule has 1 rings (SSSR count). The molecular weight excluding hydrogens is 256 g/mol. The third kappa shape index (κ3) is 6.12. The molecule has 0 radical (unpaired) electrons. The van der Waals surface area contributed by atoms with E-state index in [1.54, 1.807) is 0 Å². The Hall–Kier alpha value is -1.47. The van der Waals surface area contributed by atoms with Crippen LogP contribution in [-0.2, 0) is 0 Å². The van der Waals surface area contributed by atoms with Crippen LogP contribution in [0.15, 0.2) is 6.33 Å². The Morgan fingerprint density at radius 3 is 2.00 bits per heavy atom. The van der Waals surface area contributed by atoms with Gasteiger partial charge in [-0.2, -0.15) is 5.10 Å². The molecule has 1 heterocycles. The molecule has 0 bridgehead atoms. The molecule has 0 aliphatic carbocycles. The highest BCUT2D eigenvalue weighted by molar-refractivity contribution is 5.90. The molecule has 114 valence electrons. The van der Waals surface area contributed by atoms with Crippen molar-refractivity contribution in [1.82, 2.24) is 29.9 Å². The van der Waals surface area contributed by atoms with Crippen molar-refractivity contribution in [2.45, 2.75) is 12.8 Å². The Morgan fingerprint density at radius 1 is 1.05 bits per heavy atom. The summed E-state index contributed by atoms with van der Waals surface area (Å²) in [7, 11) is 8.15. The topological polar surface area (TPSA) is 68.4 Å². The number of hydrogen-bond donors (Lipinski definition) is 1. The van der Waals surface area contributed by atoms with Crippen LogP contribution < -0.4 is 0 Å². The number of H-pyrrole nitrogens is 1. The van der Waals surface area contributed by atoms with E-state index in [0.717, 1.165) is 39.0 Å². The number of aromatic nitrogens is 3. The quantitative estimate of drug-likeness (QED) is 0.698. The zero-order valence-corrected chi connectivity index (χ0v) is 13.0. The van der Waals surface area contributed by atoms with E-state index in [1.807, 2.05) is 33.1 Å². The van der Waals surface area contributed by atoms with E-state index in [9.17, 15) is 4.79 Å². The number of hydrogen-bond acceptors (Lipinski definition) is 5. The maximum Gasteiger partial charge on any atom is 0.291 e. The van der Waals surface area contributed by atoms with Crippen molar-refractivity contribution in [3.63, 3.8) is 0 Å². The SMILES string of the molecule is CN(C)CCCN(CCCN(C)C)C(=O)c1ncn[nH]1. The minimum atomic E-state index is -0.0694. The third-order valence-corrected chi connectivity index (χ3v) is 2.97. The van der Waals surface area contributed by atoms with Crippen molar-refractivity contribution in [2.24, 2.45) is 0 Å². The lowest BCUT2D eigenvalue weighted by Gasteiger charge is -2.23. The number of amides is 1. The normalized spacial score (nSPS) is 11.3. The Morgan fingerprint density at radius 2 is 1.60 bits per heavy atom. The summed E-state index contributed by atoms with van der Waals surface area (Å²) in [6, 6.07) is 0. The summed E-state index contributed by atoms with van der Waals surface area (Å²) in [5.41, 5.74) is 0. The Bertz CT molecular complexity index is 362. The molecule has 0 aliphatic heterocycles. The minimum Gasteiger partial charge on any atom is -0.336 e. The van der Waals surface area contributed by atoms with Crippen molar-refractivity contribution < 1.29 is 4.79 Å². The van der Waals surface area contributed by atoms with E-state index in [-0.39, 0.29) is 5.91 Å². The van der Waals surface area contributed by atoms with Gasteiger partial charge in [0.2, 0.25) is 5.82 Å². The fourth-order valence-electron chi connectivity index (χ4n) is 1.93. The average Bonchev–Trinajstić information content (AvgIpc) is 2.89. The molecule has 20 heavy (non-hydrogen) atoms. The second-order valence-corrected chi connectivity index (χ2v) is 5.44. The van der Waals surface area contributed by atoms with Crippen LogP contribution in [0.5, 0.6) is 0 Å². The van der Waals surface area contributed by atoms with Gasteiger partial charge in [0.15, 0.2) is 0 Å². The Kier molecular flexibility index (Phi) is 7.17. The molecule has 0 aliphatic rings. The molecule has 1 amide bonds. The highest BCUT2D eigenvalue weighted by Gasteiger charge is 2.17. The van der Waals surface area contributed by atoms with Crippen LogP contribution in [0.1, 0.15) is 23.5 Å².